The summed E-state index contributed by atoms with van der Waals surface area (Å²) in [7, 11) is 0. The van der Waals surface area contributed by atoms with Crippen molar-refractivity contribution in [1.82, 2.24) is 19.9 Å². The van der Waals surface area contributed by atoms with Gasteiger partial charge in [-0.1, -0.05) is 47.8 Å². The summed E-state index contributed by atoms with van der Waals surface area (Å²) in [4.78, 5) is 41.3. The van der Waals surface area contributed by atoms with E-state index in [1.165, 1.54) is 22.7 Å². The van der Waals surface area contributed by atoms with Crippen LogP contribution in [0, 0.1) is 36.5 Å². The summed E-state index contributed by atoms with van der Waals surface area (Å²) >= 11 is 4.00. The highest BCUT2D eigenvalue weighted by molar-refractivity contribution is 8.00. The zero-order chi connectivity index (χ0) is 42.0. The third-order valence-electron chi connectivity index (χ3n) is 7.39. The number of thiophene rings is 2. The fourth-order valence-corrected chi connectivity index (χ4v) is 7.76. The van der Waals surface area contributed by atoms with Gasteiger partial charge in [-0.2, -0.15) is 36.9 Å². The molecular formula is C38H26F6N8O2S4. The number of rotatable bonds is 10. The highest BCUT2D eigenvalue weighted by atomic mass is 32.2. The fourth-order valence-electron chi connectivity index (χ4n) is 4.72. The number of hydrogen-bond donors (Lipinski definition) is 2. The molecule has 0 aliphatic carbocycles. The number of hydrogen-bond acceptors (Lipinski definition) is 12. The summed E-state index contributed by atoms with van der Waals surface area (Å²) in [6.45, 7) is 3.70. The quantitative estimate of drug-likeness (QED) is 0.100. The molecule has 0 atom stereocenters. The first kappa shape index (κ1) is 43.3. The van der Waals surface area contributed by atoms with Crippen molar-refractivity contribution in [2.45, 2.75) is 36.3 Å². The van der Waals surface area contributed by atoms with Crippen molar-refractivity contribution in [1.29, 1.82) is 10.5 Å². The number of aryl methyl sites for hydroxylation is 2. The maximum Gasteiger partial charge on any atom is 0.433 e. The van der Waals surface area contributed by atoms with E-state index in [1.807, 2.05) is 19.9 Å². The second-order valence-electron chi connectivity index (χ2n) is 11.8. The summed E-state index contributed by atoms with van der Waals surface area (Å²) in [5.41, 5.74) is -0.668. The second-order valence-corrected chi connectivity index (χ2v) is 15.6. The number of amides is 2. The molecule has 0 radical (unpaired) electrons. The molecule has 0 saturated heterocycles. The highest BCUT2D eigenvalue weighted by Gasteiger charge is 2.37. The van der Waals surface area contributed by atoms with Crippen LogP contribution >= 0.6 is 46.2 Å². The number of nitriles is 2. The molecule has 0 aliphatic heterocycles. The maximum absolute atomic E-state index is 13.5. The molecule has 2 N–H and O–H groups in total. The second kappa shape index (κ2) is 19.1. The van der Waals surface area contributed by atoms with Crippen LogP contribution in [0.3, 0.4) is 0 Å². The van der Waals surface area contributed by atoms with E-state index < -0.39 is 41.0 Å². The molecule has 2 amide bonds. The summed E-state index contributed by atoms with van der Waals surface area (Å²) in [5.74, 6) is -0.708. The molecule has 0 aliphatic rings. The first-order valence-electron chi connectivity index (χ1n) is 16.4. The molecule has 6 heterocycles. The van der Waals surface area contributed by atoms with Gasteiger partial charge in [0.15, 0.2) is 0 Å². The monoisotopic (exact) mass is 868 g/mol. The van der Waals surface area contributed by atoms with Crippen LogP contribution in [0.4, 0.5) is 38.0 Å². The summed E-state index contributed by atoms with van der Waals surface area (Å²) in [6.07, 6.45) is -6.23. The lowest BCUT2D eigenvalue weighted by Gasteiger charge is -2.13. The minimum Gasteiger partial charge on any atom is -0.310 e. The number of aromatic nitrogens is 4. The normalized spacial score (nSPS) is 11.1. The Morgan fingerprint density at radius 2 is 1.22 bits per heavy atom. The molecule has 0 aromatic carbocycles. The van der Waals surface area contributed by atoms with Gasteiger partial charge in [0, 0.05) is 22.8 Å². The van der Waals surface area contributed by atoms with Gasteiger partial charge in [0.2, 0.25) is 11.8 Å². The van der Waals surface area contributed by atoms with E-state index in [9.17, 15) is 46.5 Å². The predicted octanol–water partition coefficient (Wildman–Crippen LogP) is 10.3. The fraction of sp³-hybridized carbons (Fsp3) is 0.158. The van der Waals surface area contributed by atoms with E-state index in [0.29, 0.717) is 21.4 Å². The van der Waals surface area contributed by atoms with Gasteiger partial charge in [-0.3, -0.25) is 9.59 Å². The van der Waals surface area contributed by atoms with Crippen molar-refractivity contribution in [2.24, 2.45) is 0 Å². The zero-order valence-corrected chi connectivity index (χ0v) is 33.2. The van der Waals surface area contributed by atoms with Gasteiger partial charge in [0.1, 0.15) is 39.5 Å². The summed E-state index contributed by atoms with van der Waals surface area (Å²) in [6, 6.07) is 18.7. The van der Waals surface area contributed by atoms with Crippen molar-refractivity contribution in [3.8, 4) is 33.2 Å². The van der Waals surface area contributed by atoms with Crippen molar-refractivity contribution in [3.05, 3.63) is 117 Å². The number of nitrogens with zero attached hydrogens (tertiary/aromatic N) is 6. The number of halogens is 6. The van der Waals surface area contributed by atoms with Crippen LogP contribution < -0.4 is 10.6 Å². The minimum absolute atomic E-state index is 0.00621. The number of pyridine rings is 4. The lowest BCUT2D eigenvalue weighted by atomic mass is 10.1. The van der Waals surface area contributed by atoms with Gasteiger partial charge >= 0.3 is 12.4 Å². The number of thioether (sulfide) groups is 2. The molecule has 296 valence electrons. The Labute approximate surface area is 343 Å². The Morgan fingerprint density at radius 1 is 0.707 bits per heavy atom. The Morgan fingerprint density at radius 3 is 1.66 bits per heavy atom. The summed E-state index contributed by atoms with van der Waals surface area (Å²) < 4.78 is 80.4. The zero-order valence-electron chi connectivity index (χ0n) is 29.9. The van der Waals surface area contributed by atoms with E-state index in [1.54, 1.807) is 77.8 Å². The van der Waals surface area contributed by atoms with E-state index in [4.69, 9.17) is 0 Å². The van der Waals surface area contributed by atoms with E-state index in [-0.39, 0.29) is 38.4 Å². The Balaban J connectivity index is 0.000000221. The third-order valence-corrected chi connectivity index (χ3v) is 11.1. The molecule has 0 unspecified atom stereocenters. The van der Waals surface area contributed by atoms with Crippen LogP contribution in [0.1, 0.15) is 33.5 Å². The Kier molecular flexibility index (Phi) is 14.3. The lowest BCUT2D eigenvalue weighted by Crippen LogP contribution is -2.16. The number of alkyl halides is 6. The number of carbonyl (C=O) groups excluding carboxylic acids is 2. The van der Waals surface area contributed by atoms with Crippen molar-refractivity contribution in [2.75, 3.05) is 22.1 Å². The van der Waals surface area contributed by atoms with Crippen LogP contribution in [-0.4, -0.2) is 43.3 Å². The molecule has 6 aromatic rings. The topological polar surface area (TPSA) is 157 Å². The van der Waals surface area contributed by atoms with E-state index in [2.05, 4.69) is 30.6 Å². The molecule has 0 fully saturated rings. The molecule has 0 bridgehead atoms. The Hall–Kier alpha value is -5.80. The Bertz CT molecular complexity index is 2400. The molecule has 58 heavy (non-hydrogen) atoms. The average molecular weight is 869 g/mol. The lowest BCUT2D eigenvalue weighted by molar-refractivity contribution is -0.141. The van der Waals surface area contributed by atoms with Gasteiger partial charge in [-0.15, -0.1) is 22.7 Å². The van der Waals surface area contributed by atoms with E-state index >= 15 is 0 Å². The highest BCUT2D eigenvalue weighted by Crippen LogP contribution is 2.40. The molecule has 0 saturated carbocycles. The van der Waals surface area contributed by atoms with Gasteiger partial charge < -0.3 is 10.6 Å². The SMILES string of the molecule is Cc1ccc(NC(=O)CSc2nc(-c3cccs3)cc(C(F)(F)F)c2C#N)nc1.Cc1ccc(NC(=O)CSc2nc(C(F)(F)F)cc(-c3cccs3)c2C#N)nc1. The maximum atomic E-state index is 13.5. The molecule has 20 heteroatoms. The average Bonchev–Trinajstić information content (AvgIpc) is 3.93. The van der Waals surface area contributed by atoms with Gasteiger partial charge in [-0.05, 0) is 72.1 Å². The first-order valence-corrected chi connectivity index (χ1v) is 20.1. The molecule has 6 aromatic heterocycles. The van der Waals surface area contributed by atoms with Crippen LogP contribution in [0.25, 0.3) is 21.0 Å². The van der Waals surface area contributed by atoms with Gasteiger partial charge in [-0.25, -0.2) is 19.9 Å². The van der Waals surface area contributed by atoms with Gasteiger partial charge in [0.05, 0.1) is 38.8 Å². The minimum atomic E-state index is -4.72. The first-order chi connectivity index (χ1) is 27.5. The van der Waals surface area contributed by atoms with E-state index in [0.717, 1.165) is 46.8 Å². The number of anilines is 2. The summed E-state index contributed by atoms with van der Waals surface area (Å²) in [5, 5.41) is 27.1. The molecule has 0 spiro atoms. The molecule has 10 nitrogen and oxygen atoms in total. The van der Waals surface area contributed by atoms with Crippen LogP contribution in [0.5, 0.6) is 0 Å². The van der Waals surface area contributed by atoms with Crippen molar-refractivity contribution < 1.29 is 35.9 Å². The van der Waals surface area contributed by atoms with Gasteiger partial charge in [0.25, 0.3) is 0 Å². The smallest absolute Gasteiger partial charge is 0.310 e. The predicted molar refractivity (Wildman–Crippen MR) is 211 cm³/mol. The van der Waals surface area contributed by atoms with Crippen LogP contribution in [0.2, 0.25) is 0 Å². The van der Waals surface area contributed by atoms with Crippen LogP contribution in [0.15, 0.2) is 93.9 Å². The number of carbonyl (C=O) groups is 2. The van der Waals surface area contributed by atoms with Crippen LogP contribution in [-0.2, 0) is 21.9 Å². The third kappa shape index (κ3) is 11.6. The molecular weight excluding hydrogens is 843 g/mol. The molecule has 6 rings (SSSR count). The number of nitrogens with one attached hydrogen (secondary N) is 2. The van der Waals surface area contributed by atoms with Crippen molar-refractivity contribution in [3.63, 3.8) is 0 Å². The van der Waals surface area contributed by atoms with Crippen molar-refractivity contribution >= 4 is 69.6 Å². The largest absolute Gasteiger partial charge is 0.433 e. The standard InChI is InChI=1S/2C19H13F3N4OS2/c1-11-4-5-16(24-9-11)26-17(27)10-29-18-12(8-23)13(19(20,21)22)7-14(25-18)15-3-2-6-28-15;1-11-4-5-16(24-9-11)26-17(27)10-29-18-13(8-23)12(14-3-2-6-28-14)7-15(25-18)19(20,21)22/h2*2-7,9H,10H2,1H3,(H,24,26,27).